The van der Waals surface area contributed by atoms with Crippen molar-refractivity contribution in [3.8, 4) is 22.1 Å². The first-order valence-electron chi connectivity index (χ1n) is 7.78. The van der Waals surface area contributed by atoms with Gasteiger partial charge in [-0.1, -0.05) is 6.07 Å². The van der Waals surface area contributed by atoms with Crippen LogP contribution in [0.1, 0.15) is 11.3 Å². The van der Waals surface area contributed by atoms with Gasteiger partial charge in [-0.3, -0.25) is 9.78 Å². The molecular formula is C18H15N3O3S. The Hall–Kier alpha value is -2.93. The van der Waals surface area contributed by atoms with Crippen molar-refractivity contribution in [2.75, 3.05) is 6.79 Å². The molecule has 0 radical (unpaired) electrons. The number of hydrogen-bond donors (Lipinski definition) is 1. The van der Waals surface area contributed by atoms with Gasteiger partial charge >= 0.3 is 0 Å². The highest BCUT2D eigenvalue weighted by atomic mass is 32.1. The standard InChI is InChI=1S/C18H15N3O3S/c22-17(20-8-12-3-4-15-16(6-12)24-11-23-15)7-14-10-25-18(21-14)13-2-1-5-19-9-13/h1-6,9-10H,7-8,11H2,(H,20,22). The Labute approximate surface area is 148 Å². The van der Waals surface area contributed by atoms with Crippen LogP contribution in [0, 0.1) is 0 Å². The van der Waals surface area contributed by atoms with Gasteiger partial charge in [-0.2, -0.15) is 0 Å². The van der Waals surface area contributed by atoms with Gasteiger partial charge in [0, 0.05) is 29.9 Å². The molecular weight excluding hydrogens is 338 g/mol. The van der Waals surface area contributed by atoms with Crippen molar-refractivity contribution in [3.63, 3.8) is 0 Å². The van der Waals surface area contributed by atoms with E-state index in [0.717, 1.165) is 27.6 Å². The maximum absolute atomic E-state index is 12.2. The SMILES string of the molecule is O=C(Cc1csc(-c2cccnc2)n1)NCc1ccc2c(c1)OCO2. The average Bonchev–Trinajstić information content (AvgIpc) is 3.29. The van der Waals surface area contributed by atoms with Crippen LogP contribution < -0.4 is 14.8 Å². The minimum Gasteiger partial charge on any atom is -0.454 e. The first kappa shape index (κ1) is 15.6. The molecule has 1 amide bonds. The molecule has 0 fully saturated rings. The first-order valence-corrected chi connectivity index (χ1v) is 8.66. The summed E-state index contributed by atoms with van der Waals surface area (Å²) in [6.45, 7) is 0.684. The molecule has 0 aliphatic carbocycles. The molecule has 0 atom stereocenters. The van der Waals surface area contributed by atoms with Gasteiger partial charge in [0.15, 0.2) is 11.5 Å². The number of thiazole rings is 1. The molecule has 1 aliphatic heterocycles. The van der Waals surface area contributed by atoms with Gasteiger partial charge in [0.1, 0.15) is 5.01 Å². The van der Waals surface area contributed by atoms with Crippen molar-refractivity contribution >= 4 is 17.2 Å². The second kappa shape index (κ2) is 6.90. The van der Waals surface area contributed by atoms with Crippen molar-refractivity contribution in [3.05, 3.63) is 59.4 Å². The fourth-order valence-electron chi connectivity index (χ4n) is 2.49. The number of amides is 1. The highest BCUT2D eigenvalue weighted by Gasteiger charge is 2.14. The second-order valence-corrected chi connectivity index (χ2v) is 6.38. The van der Waals surface area contributed by atoms with Crippen LogP contribution in [0.4, 0.5) is 0 Å². The smallest absolute Gasteiger partial charge is 0.231 e. The Kier molecular flexibility index (Phi) is 4.30. The third-order valence-corrected chi connectivity index (χ3v) is 4.67. The van der Waals surface area contributed by atoms with Crippen molar-refractivity contribution < 1.29 is 14.3 Å². The maximum Gasteiger partial charge on any atom is 0.231 e. The van der Waals surface area contributed by atoms with Crippen LogP contribution >= 0.6 is 11.3 Å². The van der Waals surface area contributed by atoms with Crippen LogP contribution in [0.2, 0.25) is 0 Å². The third-order valence-electron chi connectivity index (χ3n) is 3.73. The van der Waals surface area contributed by atoms with E-state index in [0.29, 0.717) is 12.3 Å². The lowest BCUT2D eigenvalue weighted by Crippen LogP contribution is -2.24. The van der Waals surface area contributed by atoms with Gasteiger partial charge in [0.2, 0.25) is 12.7 Å². The Balaban J connectivity index is 1.34. The van der Waals surface area contributed by atoms with Gasteiger partial charge in [0.25, 0.3) is 0 Å². The number of fused-ring (bicyclic) bond motifs is 1. The lowest BCUT2D eigenvalue weighted by Gasteiger charge is -2.05. The van der Waals surface area contributed by atoms with Gasteiger partial charge in [-0.15, -0.1) is 11.3 Å². The number of rotatable bonds is 5. The summed E-state index contributed by atoms with van der Waals surface area (Å²) in [6.07, 6.45) is 3.74. The fraction of sp³-hybridized carbons (Fsp3) is 0.167. The number of carbonyl (C=O) groups is 1. The highest BCUT2D eigenvalue weighted by Crippen LogP contribution is 2.32. The molecule has 3 aromatic rings. The first-order chi connectivity index (χ1) is 12.3. The number of nitrogens with one attached hydrogen (secondary N) is 1. The highest BCUT2D eigenvalue weighted by molar-refractivity contribution is 7.13. The summed E-state index contributed by atoms with van der Waals surface area (Å²) in [5, 5.41) is 5.68. The van der Waals surface area contributed by atoms with E-state index < -0.39 is 0 Å². The van der Waals surface area contributed by atoms with Crippen molar-refractivity contribution in [1.29, 1.82) is 0 Å². The van der Waals surface area contributed by atoms with Crippen LogP contribution in [-0.4, -0.2) is 22.7 Å². The number of aromatic nitrogens is 2. The Morgan fingerprint density at radius 2 is 2.16 bits per heavy atom. The number of ether oxygens (including phenoxy) is 2. The van der Waals surface area contributed by atoms with Crippen LogP contribution in [0.3, 0.4) is 0 Å². The largest absolute Gasteiger partial charge is 0.454 e. The zero-order valence-corrected chi connectivity index (χ0v) is 14.1. The average molecular weight is 353 g/mol. The van der Waals surface area contributed by atoms with E-state index in [9.17, 15) is 4.79 Å². The number of hydrogen-bond acceptors (Lipinski definition) is 6. The van der Waals surface area contributed by atoms with Crippen molar-refractivity contribution in [2.45, 2.75) is 13.0 Å². The molecule has 3 heterocycles. The minimum atomic E-state index is -0.0688. The molecule has 0 saturated heterocycles. The maximum atomic E-state index is 12.2. The van der Waals surface area contributed by atoms with E-state index in [1.807, 2.05) is 35.7 Å². The molecule has 6 nitrogen and oxygen atoms in total. The quantitative estimate of drug-likeness (QED) is 0.763. The molecule has 1 aliphatic rings. The summed E-state index contributed by atoms with van der Waals surface area (Å²) >= 11 is 1.51. The van der Waals surface area contributed by atoms with Crippen LogP contribution in [0.5, 0.6) is 11.5 Å². The second-order valence-electron chi connectivity index (χ2n) is 5.53. The minimum absolute atomic E-state index is 0.0688. The predicted octanol–water partition coefficient (Wildman–Crippen LogP) is 2.79. The van der Waals surface area contributed by atoms with Crippen LogP contribution in [-0.2, 0) is 17.8 Å². The molecule has 126 valence electrons. The molecule has 0 spiro atoms. The molecule has 1 N–H and O–H groups in total. The molecule has 25 heavy (non-hydrogen) atoms. The van der Waals surface area contributed by atoms with Crippen molar-refractivity contribution in [2.24, 2.45) is 0 Å². The fourth-order valence-corrected chi connectivity index (χ4v) is 3.30. The van der Waals surface area contributed by atoms with Gasteiger partial charge in [-0.25, -0.2) is 4.98 Å². The number of carbonyl (C=O) groups excluding carboxylic acids is 1. The summed E-state index contributed by atoms with van der Waals surface area (Å²) in [5.41, 5.74) is 2.68. The van der Waals surface area contributed by atoms with Crippen molar-refractivity contribution in [1.82, 2.24) is 15.3 Å². The van der Waals surface area contributed by atoms with E-state index >= 15 is 0 Å². The van der Waals surface area contributed by atoms with E-state index in [-0.39, 0.29) is 19.1 Å². The zero-order valence-electron chi connectivity index (χ0n) is 13.3. The topological polar surface area (TPSA) is 73.3 Å². The lowest BCUT2D eigenvalue weighted by molar-refractivity contribution is -0.120. The normalized spacial score (nSPS) is 12.2. The summed E-state index contributed by atoms with van der Waals surface area (Å²) in [7, 11) is 0. The van der Waals surface area contributed by atoms with Crippen LogP contribution in [0.15, 0.2) is 48.1 Å². The van der Waals surface area contributed by atoms with Gasteiger partial charge < -0.3 is 14.8 Å². The third kappa shape index (κ3) is 3.61. The molecule has 0 bridgehead atoms. The number of nitrogens with zero attached hydrogens (tertiary/aromatic N) is 2. The Morgan fingerprint density at radius 3 is 3.04 bits per heavy atom. The molecule has 4 rings (SSSR count). The Morgan fingerprint density at radius 1 is 1.24 bits per heavy atom. The van der Waals surface area contributed by atoms with Crippen LogP contribution in [0.25, 0.3) is 10.6 Å². The van der Waals surface area contributed by atoms with E-state index in [4.69, 9.17) is 9.47 Å². The summed E-state index contributed by atoms with van der Waals surface area (Å²) in [5.74, 6) is 1.38. The van der Waals surface area contributed by atoms with Gasteiger partial charge in [0.05, 0.1) is 12.1 Å². The molecule has 2 aromatic heterocycles. The Bertz CT molecular complexity index is 896. The summed E-state index contributed by atoms with van der Waals surface area (Å²) in [4.78, 5) is 20.7. The monoisotopic (exact) mass is 353 g/mol. The lowest BCUT2D eigenvalue weighted by atomic mass is 10.2. The van der Waals surface area contributed by atoms with Gasteiger partial charge in [-0.05, 0) is 29.8 Å². The summed E-state index contributed by atoms with van der Waals surface area (Å²) in [6, 6.07) is 9.47. The number of pyridine rings is 1. The van der Waals surface area contributed by atoms with E-state index in [2.05, 4.69) is 15.3 Å². The van der Waals surface area contributed by atoms with E-state index in [1.165, 1.54) is 11.3 Å². The molecule has 0 unspecified atom stereocenters. The predicted molar refractivity (Wildman–Crippen MR) is 93.5 cm³/mol. The molecule has 7 heteroatoms. The summed E-state index contributed by atoms with van der Waals surface area (Å²) < 4.78 is 10.6. The zero-order chi connectivity index (χ0) is 17.1. The van der Waals surface area contributed by atoms with E-state index in [1.54, 1.807) is 12.4 Å². The molecule has 0 saturated carbocycles. The molecule has 1 aromatic carbocycles. The number of benzene rings is 1.